The molecule has 1 aliphatic heterocycles. The fraction of sp³-hybridized carbons (Fsp3) is 0.136. The Morgan fingerprint density at radius 1 is 0.926 bits per heavy atom. The van der Waals surface area contributed by atoms with E-state index in [1.165, 1.54) is 10.9 Å². The summed E-state index contributed by atoms with van der Waals surface area (Å²) in [7, 11) is 2.09. The van der Waals surface area contributed by atoms with E-state index in [1.807, 2.05) is 18.2 Å². The Labute approximate surface area is 157 Å². The highest BCUT2D eigenvalue weighted by Gasteiger charge is 2.22. The molecule has 5 heteroatoms. The molecule has 4 heterocycles. The first-order chi connectivity index (χ1) is 13.3. The van der Waals surface area contributed by atoms with Crippen molar-refractivity contribution < 1.29 is 0 Å². The zero-order valence-electron chi connectivity index (χ0n) is 15.1. The molecule has 27 heavy (non-hydrogen) atoms. The number of nitrogens with zero attached hydrogens (tertiary/aromatic N) is 5. The van der Waals surface area contributed by atoms with Gasteiger partial charge in [0, 0.05) is 42.5 Å². The van der Waals surface area contributed by atoms with Crippen LogP contribution in [0.25, 0.3) is 22.3 Å². The van der Waals surface area contributed by atoms with E-state index in [4.69, 9.17) is 4.98 Å². The third kappa shape index (κ3) is 2.68. The normalized spacial score (nSPS) is 14.0. The van der Waals surface area contributed by atoms with Crippen LogP contribution in [0.4, 0.5) is 5.82 Å². The molecule has 0 fully saturated rings. The van der Waals surface area contributed by atoms with E-state index in [1.54, 1.807) is 12.4 Å². The van der Waals surface area contributed by atoms with E-state index in [0.717, 1.165) is 41.7 Å². The lowest BCUT2D eigenvalue weighted by atomic mass is 10.2. The SMILES string of the molecule is Cn1c(-c2cccc(N3CCN=C3c3ccncc3)n2)cc2ccccc21. The standard InChI is InChI=1S/C22H19N5/c1-26-19-7-3-2-5-17(19)15-20(26)18-6-4-8-21(25-18)27-14-13-24-22(27)16-9-11-23-12-10-16/h2-12,15H,13-14H2,1H3. The molecule has 132 valence electrons. The summed E-state index contributed by atoms with van der Waals surface area (Å²) < 4.78 is 2.20. The average Bonchev–Trinajstić information content (AvgIpc) is 3.34. The molecule has 0 unspecified atom stereocenters. The van der Waals surface area contributed by atoms with Gasteiger partial charge in [-0.05, 0) is 36.4 Å². The number of hydrogen-bond donors (Lipinski definition) is 0. The van der Waals surface area contributed by atoms with Crippen LogP contribution in [0.15, 0.2) is 78.0 Å². The highest BCUT2D eigenvalue weighted by atomic mass is 15.3. The number of para-hydroxylation sites is 1. The van der Waals surface area contributed by atoms with Crippen LogP contribution in [0, 0.1) is 0 Å². The Morgan fingerprint density at radius 3 is 2.63 bits per heavy atom. The molecule has 0 bridgehead atoms. The zero-order chi connectivity index (χ0) is 18.2. The van der Waals surface area contributed by atoms with E-state index >= 15 is 0 Å². The molecule has 0 N–H and O–H groups in total. The molecule has 3 aromatic heterocycles. The van der Waals surface area contributed by atoms with E-state index in [9.17, 15) is 0 Å². The van der Waals surface area contributed by atoms with E-state index in [2.05, 4.69) is 69.0 Å². The van der Waals surface area contributed by atoms with Gasteiger partial charge in [0.25, 0.3) is 0 Å². The molecule has 4 aromatic rings. The largest absolute Gasteiger partial charge is 0.342 e. The molecule has 0 atom stereocenters. The highest BCUT2D eigenvalue weighted by molar-refractivity contribution is 6.10. The van der Waals surface area contributed by atoms with Gasteiger partial charge in [-0.2, -0.15) is 0 Å². The molecule has 5 nitrogen and oxygen atoms in total. The number of aromatic nitrogens is 3. The molecule has 0 amide bonds. The number of rotatable bonds is 3. The van der Waals surface area contributed by atoms with Crippen molar-refractivity contribution in [1.82, 2.24) is 14.5 Å². The molecule has 1 aliphatic rings. The van der Waals surface area contributed by atoms with Crippen molar-refractivity contribution in [3.63, 3.8) is 0 Å². The Bertz CT molecular complexity index is 1140. The summed E-state index contributed by atoms with van der Waals surface area (Å²) >= 11 is 0. The van der Waals surface area contributed by atoms with Crippen molar-refractivity contribution in [2.24, 2.45) is 12.0 Å². The number of aryl methyl sites for hydroxylation is 1. The lowest BCUT2D eigenvalue weighted by molar-refractivity contribution is 0.963. The summed E-state index contributed by atoms with van der Waals surface area (Å²) in [5.74, 6) is 1.88. The number of benzene rings is 1. The zero-order valence-corrected chi connectivity index (χ0v) is 15.1. The predicted molar refractivity (Wildman–Crippen MR) is 109 cm³/mol. The van der Waals surface area contributed by atoms with Gasteiger partial charge in [-0.3, -0.25) is 9.98 Å². The summed E-state index contributed by atoms with van der Waals surface area (Å²) in [5, 5.41) is 1.22. The Balaban J connectivity index is 1.56. The number of hydrogen-bond acceptors (Lipinski definition) is 4. The maximum absolute atomic E-state index is 4.97. The lowest BCUT2D eigenvalue weighted by Gasteiger charge is -2.20. The summed E-state index contributed by atoms with van der Waals surface area (Å²) in [6.45, 7) is 1.61. The molecule has 0 aliphatic carbocycles. The third-order valence-corrected chi connectivity index (χ3v) is 5.00. The maximum Gasteiger partial charge on any atom is 0.136 e. The van der Waals surface area contributed by atoms with Crippen molar-refractivity contribution >= 4 is 22.6 Å². The average molecular weight is 353 g/mol. The van der Waals surface area contributed by atoms with Gasteiger partial charge in [0.2, 0.25) is 0 Å². The van der Waals surface area contributed by atoms with Crippen LogP contribution >= 0.6 is 0 Å². The van der Waals surface area contributed by atoms with Crippen LogP contribution in [0.3, 0.4) is 0 Å². The van der Waals surface area contributed by atoms with Crippen molar-refractivity contribution in [2.75, 3.05) is 18.0 Å². The monoisotopic (exact) mass is 353 g/mol. The lowest BCUT2D eigenvalue weighted by Crippen LogP contribution is -2.29. The second kappa shape index (κ2) is 6.36. The minimum atomic E-state index is 0.775. The fourth-order valence-corrected chi connectivity index (χ4v) is 3.67. The molecule has 5 rings (SSSR count). The molecular formula is C22H19N5. The topological polar surface area (TPSA) is 46.3 Å². The first-order valence-electron chi connectivity index (χ1n) is 9.05. The van der Waals surface area contributed by atoms with Crippen LogP contribution in [0.1, 0.15) is 5.56 Å². The number of fused-ring (bicyclic) bond motifs is 1. The minimum Gasteiger partial charge on any atom is -0.342 e. The molecule has 1 aromatic carbocycles. The maximum atomic E-state index is 4.97. The quantitative estimate of drug-likeness (QED) is 0.561. The number of aliphatic imine (C=N–C) groups is 1. The molecule has 0 saturated carbocycles. The number of amidine groups is 1. The first kappa shape index (κ1) is 15.8. The van der Waals surface area contributed by atoms with Gasteiger partial charge in [0.05, 0.1) is 17.9 Å². The fourth-order valence-electron chi connectivity index (χ4n) is 3.67. The highest BCUT2D eigenvalue weighted by Crippen LogP contribution is 2.28. The van der Waals surface area contributed by atoms with Gasteiger partial charge in [-0.25, -0.2) is 4.98 Å². The van der Waals surface area contributed by atoms with Crippen LogP contribution in [0.5, 0.6) is 0 Å². The Hall–Kier alpha value is -3.47. The van der Waals surface area contributed by atoms with Crippen LogP contribution in [-0.4, -0.2) is 33.5 Å². The van der Waals surface area contributed by atoms with Crippen molar-refractivity contribution in [2.45, 2.75) is 0 Å². The van der Waals surface area contributed by atoms with Gasteiger partial charge < -0.3 is 9.47 Å². The Kier molecular flexibility index (Phi) is 3.71. The van der Waals surface area contributed by atoms with Crippen LogP contribution in [0.2, 0.25) is 0 Å². The second-order valence-electron chi connectivity index (χ2n) is 6.62. The van der Waals surface area contributed by atoms with Crippen LogP contribution < -0.4 is 4.90 Å². The van der Waals surface area contributed by atoms with Gasteiger partial charge in [0.1, 0.15) is 11.7 Å². The van der Waals surface area contributed by atoms with Crippen molar-refractivity contribution in [3.05, 3.63) is 78.6 Å². The van der Waals surface area contributed by atoms with Gasteiger partial charge in [-0.1, -0.05) is 24.3 Å². The molecule has 0 radical (unpaired) electrons. The summed E-state index contributed by atoms with van der Waals surface area (Å²) in [4.78, 5) is 15.9. The predicted octanol–water partition coefficient (Wildman–Crippen LogP) is 3.90. The Morgan fingerprint density at radius 2 is 1.78 bits per heavy atom. The molecule has 0 spiro atoms. The second-order valence-corrected chi connectivity index (χ2v) is 6.62. The van der Waals surface area contributed by atoms with Crippen molar-refractivity contribution in [3.8, 4) is 11.4 Å². The van der Waals surface area contributed by atoms with E-state index < -0.39 is 0 Å². The number of pyridine rings is 2. The van der Waals surface area contributed by atoms with Gasteiger partial charge >= 0.3 is 0 Å². The van der Waals surface area contributed by atoms with Gasteiger partial charge in [-0.15, -0.1) is 0 Å². The van der Waals surface area contributed by atoms with E-state index in [0.29, 0.717) is 0 Å². The summed E-state index contributed by atoms with van der Waals surface area (Å²) in [6.07, 6.45) is 3.60. The third-order valence-electron chi connectivity index (χ3n) is 5.00. The molecular weight excluding hydrogens is 334 g/mol. The minimum absolute atomic E-state index is 0.775. The number of anilines is 1. The van der Waals surface area contributed by atoms with E-state index in [-0.39, 0.29) is 0 Å². The van der Waals surface area contributed by atoms with Gasteiger partial charge in [0.15, 0.2) is 0 Å². The first-order valence-corrected chi connectivity index (χ1v) is 9.05. The van der Waals surface area contributed by atoms with Crippen LogP contribution in [-0.2, 0) is 7.05 Å². The summed E-state index contributed by atoms with van der Waals surface area (Å²) in [6, 6.07) is 20.8. The summed E-state index contributed by atoms with van der Waals surface area (Å²) in [5.41, 5.74) is 4.35. The smallest absolute Gasteiger partial charge is 0.136 e. The van der Waals surface area contributed by atoms with Crippen molar-refractivity contribution in [1.29, 1.82) is 0 Å². The molecule has 0 saturated heterocycles.